The Hall–Kier alpha value is -2.39. The molecule has 0 fully saturated rings. The van der Waals surface area contributed by atoms with Gasteiger partial charge < -0.3 is 10.3 Å². The smallest absolute Gasteiger partial charge is 0.201 e. The summed E-state index contributed by atoms with van der Waals surface area (Å²) < 4.78 is 1.95. The second-order valence-corrected chi connectivity index (χ2v) is 5.56. The van der Waals surface area contributed by atoms with Crippen molar-refractivity contribution in [3.63, 3.8) is 0 Å². The molecule has 0 radical (unpaired) electrons. The summed E-state index contributed by atoms with van der Waals surface area (Å²) in [7, 11) is 0. The first-order valence-electron chi connectivity index (χ1n) is 6.25. The van der Waals surface area contributed by atoms with Crippen molar-refractivity contribution in [2.45, 2.75) is 19.4 Å². The van der Waals surface area contributed by atoms with Crippen LogP contribution in [0.4, 0.5) is 5.95 Å². The zero-order chi connectivity index (χ0) is 14.1. The third-order valence-corrected chi connectivity index (χ3v) is 4.27. The van der Waals surface area contributed by atoms with Crippen molar-refractivity contribution in [1.29, 1.82) is 5.26 Å². The minimum Gasteiger partial charge on any atom is -0.369 e. The van der Waals surface area contributed by atoms with Gasteiger partial charge in [0.25, 0.3) is 0 Å². The lowest BCUT2D eigenvalue weighted by molar-refractivity contribution is 0.614. The lowest BCUT2D eigenvalue weighted by atomic mass is 10.1. The number of thiazole rings is 1. The Balaban J connectivity index is 2.04. The highest BCUT2D eigenvalue weighted by atomic mass is 32.1. The van der Waals surface area contributed by atoms with Crippen LogP contribution >= 0.6 is 11.3 Å². The quantitative estimate of drug-likeness (QED) is 0.801. The fourth-order valence-electron chi connectivity index (χ4n) is 2.28. The predicted octanol–water partition coefficient (Wildman–Crippen LogP) is 2.75. The first-order valence-corrected chi connectivity index (χ1v) is 7.13. The van der Waals surface area contributed by atoms with E-state index in [0.29, 0.717) is 23.6 Å². The Labute approximate surface area is 120 Å². The molecule has 0 saturated heterocycles. The van der Waals surface area contributed by atoms with Crippen molar-refractivity contribution in [3.8, 4) is 6.07 Å². The van der Waals surface area contributed by atoms with E-state index in [0.717, 1.165) is 10.5 Å². The molecule has 1 aromatic carbocycles. The molecule has 3 rings (SSSR count). The van der Waals surface area contributed by atoms with Crippen LogP contribution in [0.15, 0.2) is 29.8 Å². The van der Waals surface area contributed by atoms with Gasteiger partial charge in [0.1, 0.15) is 11.6 Å². The van der Waals surface area contributed by atoms with Crippen LogP contribution in [0.3, 0.4) is 0 Å². The number of nitrogens with zero attached hydrogens (tertiary/aromatic N) is 4. The van der Waals surface area contributed by atoms with E-state index >= 15 is 0 Å². The number of anilines is 1. The van der Waals surface area contributed by atoms with E-state index in [1.165, 1.54) is 0 Å². The number of aromatic nitrogens is 3. The number of nitrogen functional groups attached to an aromatic ring is 1. The van der Waals surface area contributed by atoms with Crippen LogP contribution in [0.2, 0.25) is 0 Å². The fourth-order valence-corrected chi connectivity index (χ4v) is 2.97. The van der Waals surface area contributed by atoms with E-state index in [4.69, 9.17) is 11.0 Å². The summed E-state index contributed by atoms with van der Waals surface area (Å²) >= 11 is 1.63. The van der Waals surface area contributed by atoms with Crippen LogP contribution in [-0.4, -0.2) is 14.5 Å². The van der Waals surface area contributed by atoms with Gasteiger partial charge >= 0.3 is 0 Å². The third kappa shape index (κ3) is 2.02. The molecule has 1 unspecified atom stereocenters. The van der Waals surface area contributed by atoms with Gasteiger partial charge in [0.05, 0.1) is 16.1 Å². The van der Waals surface area contributed by atoms with Gasteiger partial charge in [0.15, 0.2) is 0 Å². The van der Waals surface area contributed by atoms with Gasteiger partial charge in [-0.05, 0) is 12.1 Å². The van der Waals surface area contributed by atoms with Crippen LogP contribution in [-0.2, 0) is 6.54 Å². The summed E-state index contributed by atoms with van der Waals surface area (Å²) in [5.74, 6) is 0.687. The number of rotatable bonds is 3. The Morgan fingerprint density at radius 1 is 1.50 bits per heavy atom. The average molecular weight is 283 g/mol. The van der Waals surface area contributed by atoms with E-state index in [2.05, 4.69) is 23.0 Å². The van der Waals surface area contributed by atoms with Crippen LogP contribution in [0, 0.1) is 11.3 Å². The molecule has 0 spiro atoms. The van der Waals surface area contributed by atoms with Crippen molar-refractivity contribution in [1.82, 2.24) is 14.5 Å². The number of benzene rings is 1. The molecule has 2 heterocycles. The summed E-state index contributed by atoms with van der Waals surface area (Å²) in [6, 6.07) is 7.70. The van der Waals surface area contributed by atoms with Crippen molar-refractivity contribution >= 4 is 28.3 Å². The Bertz CT molecular complexity index is 782. The standard InChI is InChI=1S/C14H13N5S/c1-9(13-17-5-6-20-13)8-19-11-4-2-3-10(7-15)12(11)18-14(19)16/h2-6,9H,8H2,1H3,(H2,16,18). The molecule has 6 heteroatoms. The fraction of sp³-hybridized carbons (Fsp3) is 0.214. The summed E-state index contributed by atoms with van der Waals surface area (Å²) in [6.07, 6.45) is 1.81. The van der Waals surface area contributed by atoms with Gasteiger partial charge in [-0.1, -0.05) is 13.0 Å². The topological polar surface area (TPSA) is 80.5 Å². The maximum atomic E-state index is 9.12. The number of imidazole rings is 1. The average Bonchev–Trinajstić information content (AvgIpc) is 3.07. The molecule has 0 aliphatic carbocycles. The van der Waals surface area contributed by atoms with Gasteiger partial charge in [0.2, 0.25) is 5.95 Å². The van der Waals surface area contributed by atoms with Crippen LogP contribution in [0.25, 0.3) is 11.0 Å². The van der Waals surface area contributed by atoms with Gasteiger partial charge in [-0.2, -0.15) is 5.26 Å². The number of nitriles is 1. The zero-order valence-corrected chi connectivity index (χ0v) is 11.8. The minimum atomic E-state index is 0.250. The van der Waals surface area contributed by atoms with Crippen molar-refractivity contribution < 1.29 is 0 Å². The van der Waals surface area contributed by atoms with E-state index in [9.17, 15) is 0 Å². The van der Waals surface area contributed by atoms with Crippen LogP contribution in [0.5, 0.6) is 0 Å². The molecule has 2 N–H and O–H groups in total. The highest BCUT2D eigenvalue weighted by Gasteiger charge is 2.15. The lowest BCUT2D eigenvalue weighted by Crippen LogP contribution is -2.09. The van der Waals surface area contributed by atoms with Gasteiger partial charge in [0, 0.05) is 24.0 Å². The first kappa shape index (κ1) is 12.6. The molecule has 0 bridgehead atoms. The van der Waals surface area contributed by atoms with Gasteiger partial charge in [-0.3, -0.25) is 0 Å². The van der Waals surface area contributed by atoms with E-state index < -0.39 is 0 Å². The number of fused-ring (bicyclic) bond motifs is 1. The molecule has 0 amide bonds. The Morgan fingerprint density at radius 3 is 3.05 bits per heavy atom. The van der Waals surface area contributed by atoms with E-state index in [1.54, 1.807) is 23.6 Å². The summed E-state index contributed by atoms with van der Waals surface area (Å²) in [4.78, 5) is 8.65. The molecular weight excluding hydrogens is 270 g/mol. The zero-order valence-electron chi connectivity index (χ0n) is 10.9. The first-order chi connectivity index (χ1) is 9.70. The number of nitrogens with two attached hydrogens (primary N) is 1. The molecule has 20 heavy (non-hydrogen) atoms. The number of para-hydroxylation sites is 1. The minimum absolute atomic E-state index is 0.250. The molecule has 3 aromatic rings. The molecule has 1 atom stereocenters. The SMILES string of the molecule is CC(Cn1c(N)nc2c(C#N)cccc21)c1nccs1. The van der Waals surface area contributed by atoms with Crippen molar-refractivity contribution in [3.05, 3.63) is 40.3 Å². The third-order valence-electron chi connectivity index (χ3n) is 3.26. The summed E-state index contributed by atoms with van der Waals surface area (Å²) in [6.45, 7) is 2.81. The second-order valence-electron chi connectivity index (χ2n) is 4.64. The monoisotopic (exact) mass is 283 g/mol. The van der Waals surface area contributed by atoms with Crippen molar-refractivity contribution in [2.24, 2.45) is 0 Å². The molecular formula is C14H13N5S. The summed E-state index contributed by atoms with van der Waals surface area (Å²) in [5, 5.41) is 12.2. The second kappa shape index (κ2) is 4.94. The Morgan fingerprint density at radius 2 is 2.35 bits per heavy atom. The van der Waals surface area contributed by atoms with Crippen LogP contribution in [0.1, 0.15) is 23.4 Å². The van der Waals surface area contributed by atoms with E-state index in [1.807, 2.05) is 22.1 Å². The van der Waals surface area contributed by atoms with Gasteiger partial charge in [-0.25, -0.2) is 9.97 Å². The molecule has 0 aliphatic heterocycles. The molecule has 0 saturated carbocycles. The maximum Gasteiger partial charge on any atom is 0.201 e. The largest absolute Gasteiger partial charge is 0.369 e. The molecule has 5 nitrogen and oxygen atoms in total. The maximum absolute atomic E-state index is 9.12. The predicted molar refractivity (Wildman–Crippen MR) is 79.4 cm³/mol. The Kier molecular flexibility index (Phi) is 3.12. The van der Waals surface area contributed by atoms with Gasteiger partial charge in [-0.15, -0.1) is 11.3 Å². The molecule has 0 aliphatic rings. The van der Waals surface area contributed by atoms with Crippen LogP contribution < -0.4 is 5.73 Å². The molecule has 2 aromatic heterocycles. The normalized spacial score (nSPS) is 12.4. The summed E-state index contributed by atoms with van der Waals surface area (Å²) in [5.41, 5.74) is 8.11. The number of hydrogen-bond donors (Lipinski definition) is 1. The molecule has 100 valence electrons. The van der Waals surface area contributed by atoms with E-state index in [-0.39, 0.29) is 5.92 Å². The highest BCUT2D eigenvalue weighted by molar-refractivity contribution is 7.09. The lowest BCUT2D eigenvalue weighted by Gasteiger charge is -2.11. The number of hydrogen-bond acceptors (Lipinski definition) is 5. The highest BCUT2D eigenvalue weighted by Crippen LogP contribution is 2.26. The van der Waals surface area contributed by atoms with Crippen molar-refractivity contribution in [2.75, 3.05) is 5.73 Å².